The number of hydrogen-bond donors (Lipinski definition) is 1. The van der Waals surface area contributed by atoms with Crippen molar-refractivity contribution in [3.63, 3.8) is 0 Å². The molecule has 1 fully saturated rings. The van der Waals surface area contributed by atoms with E-state index < -0.39 is 15.1 Å². The van der Waals surface area contributed by atoms with E-state index in [-0.39, 0.29) is 5.75 Å². The summed E-state index contributed by atoms with van der Waals surface area (Å²) in [4.78, 5) is 11.2. The first kappa shape index (κ1) is 13.5. The minimum absolute atomic E-state index is 0.256. The van der Waals surface area contributed by atoms with Crippen LogP contribution in [0.3, 0.4) is 0 Å². The highest BCUT2D eigenvalue weighted by molar-refractivity contribution is 7.92. The first-order valence-electron chi connectivity index (χ1n) is 6.22. The standard InChI is InChI=1S/C11H14N4O3S2/c1-18-10-8-9(12-6-13-10)15(11(19)14-8)5-7-3-2-4-20(7,16)17/h6-7H,2-5H2,1H3,(H,14,19). The molecule has 1 atom stereocenters. The van der Waals surface area contributed by atoms with Gasteiger partial charge in [-0.25, -0.2) is 13.4 Å². The number of sulfone groups is 1. The highest BCUT2D eigenvalue weighted by atomic mass is 32.2. The van der Waals surface area contributed by atoms with Crippen LogP contribution in [0.25, 0.3) is 11.2 Å². The van der Waals surface area contributed by atoms with Gasteiger partial charge in [0.05, 0.1) is 18.1 Å². The highest BCUT2D eigenvalue weighted by Crippen LogP contribution is 2.25. The first-order valence-corrected chi connectivity index (χ1v) is 8.34. The first-order chi connectivity index (χ1) is 9.53. The average molecular weight is 314 g/mol. The lowest BCUT2D eigenvalue weighted by molar-refractivity contribution is 0.401. The minimum Gasteiger partial charge on any atom is -0.479 e. The lowest BCUT2D eigenvalue weighted by Gasteiger charge is -2.10. The van der Waals surface area contributed by atoms with Crippen molar-refractivity contribution in [3.05, 3.63) is 11.1 Å². The van der Waals surface area contributed by atoms with Crippen molar-refractivity contribution in [2.75, 3.05) is 12.9 Å². The predicted octanol–water partition coefficient (Wildman–Crippen LogP) is 1.07. The molecule has 1 N–H and O–H groups in total. The molecule has 2 aromatic heterocycles. The molecule has 1 aliphatic heterocycles. The lowest BCUT2D eigenvalue weighted by atomic mass is 10.2. The van der Waals surface area contributed by atoms with Crippen LogP contribution in [-0.2, 0) is 16.4 Å². The number of nitrogens with one attached hydrogen (secondary N) is 1. The van der Waals surface area contributed by atoms with Gasteiger partial charge in [-0.2, -0.15) is 4.98 Å². The Kier molecular flexibility index (Phi) is 3.25. The van der Waals surface area contributed by atoms with E-state index in [1.807, 2.05) is 0 Å². The van der Waals surface area contributed by atoms with Gasteiger partial charge < -0.3 is 9.72 Å². The van der Waals surface area contributed by atoms with E-state index in [2.05, 4.69) is 15.0 Å². The summed E-state index contributed by atoms with van der Waals surface area (Å²) in [5, 5.41) is -0.394. The molecule has 108 valence electrons. The van der Waals surface area contributed by atoms with Crippen molar-refractivity contribution in [2.45, 2.75) is 24.6 Å². The Hall–Kier alpha value is -1.48. The summed E-state index contributed by atoms with van der Waals surface area (Å²) in [6.07, 6.45) is 2.75. The maximum absolute atomic E-state index is 11.9. The molecule has 1 saturated heterocycles. The number of hydrogen-bond acceptors (Lipinski definition) is 6. The third-order valence-corrected chi connectivity index (χ3v) is 6.15. The molecule has 20 heavy (non-hydrogen) atoms. The van der Waals surface area contributed by atoms with Gasteiger partial charge in [0, 0.05) is 6.54 Å². The summed E-state index contributed by atoms with van der Waals surface area (Å²) < 4.78 is 31.2. The molecule has 3 heterocycles. The monoisotopic (exact) mass is 314 g/mol. The van der Waals surface area contributed by atoms with Crippen molar-refractivity contribution in [1.29, 1.82) is 0 Å². The second-order valence-electron chi connectivity index (χ2n) is 4.75. The number of aromatic amines is 1. The molecule has 1 unspecified atom stereocenters. The summed E-state index contributed by atoms with van der Waals surface area (Å²) in [6, 6.07) is 0. The smallest absolute Gasteiger partial charge is 0.242 e. The van der Waals surface area contributed by atoms with Gasteiger partial charge in [0.25, 0.3) is 0 Å². The van der Waals surface area contributed by atoms with Crippen LogP contribution in [0.5, 0.6) is 5.88 Å². The van der Waals surface area contributed by atoms with Crippen LogP contribution in [0.4, 0.5) is 0 Å². The number of fused-ring (bicyclic) bond motifs is 1. The number of H-pyrrole nitrogens is 1. The van der Waals surface area contributed by atoms with Crippen LogP contribution in [0.15, 0.2) is 6.33 Å². The van der Waals surface area contributed by atoms with Gasteiger partial charge in [0.15, 0.2) is 20.3 Å². The van der Waals surface area contributed by atoms with Gasteiger partial charge in [-0.05, 0) is 25.1 Å². The van der Waals surface area contributed by atoms with Crippen LogP contribution >= 0.6 is 12.2 Å². The van der Waals surface area contributed by atoms with Crippen LogP contribution in [0.2, 0.25) is 0 Å². The molecular formula is C11H14N4O3S2. The number of nitrogens with zero attached hydrogens (tertiary/aromatic N) is 3. The Balaban J connectivity index is 2.08. The van der Waals surface area contributed by atoms with E-state index in [0.29, 0.717) is 41.2 Å². The Labute approximate surface area is 120 Å². The van der Waals surface area contributed by atoms with E-state index >= 15 is 0 Å². The van der Waals surface area contributed by atoms with E-state index in [1.54, 1.807) is 4.57 Å². The third kappa shape index (κ3) is 2.10. The Morgan fingerprint density at radius 3 is 3.00 bits per heavy atom. The van der Waals surface area contributed by atoms with Gasteiger partial charge in [-0.1, -0.05) is 0 Å². The highest BCUT2D eigenvalue weighted by Gasteiger charge is 2.32. The van der Waals surface area contributed by atoms with E-state index in [9.17, 15) is 8.42 Å². The Bertz CT molecular complexity index is 809. The van der Waals surface area contributed by atoms with E-state index in [1.165, 1.54) is 13.4 Å². The van der Waals surface area contributed by atoms with E-state index in [0.717, 1.165) is 0 Å². The van der Waals surface area contributed by atoms with Gasteiger partial charge in [0.1, 0.15) is 11.8 Å². The molecule has 2 aromatic rings. The molecule has 0 aromatic carbocycles. The molecule has 0 bridgehead atoms. The number of rotatable bonds is 3. The molecule has 9 heteroatoms. The normalized spacial score (nSPS) is 21.4. The van der Waals surface area contributed by atoms with E-state index in [4.69, 9.17) is 17.0 Å². The molecular weight excluding hydrogens is 300 g/mol. The summed E-state index contributed by atoms with van der Waals surface area (Å²) in [5.41, 5.74) is 1.17. The zero-order chi connectivity index (χ0) is 14.3. The Morgan fingerprint density at radius 1 is 1.55 bits per heavy atom. The van der Waals surface area contributed by atoms with Gasteiger partial charge in [-0.3, -0.25) is 4.57 Å². The van der Waals surface area contributed by atoms with Crippen molar-refractivity contribution in [3.8, 4) is 5.88 Å². The fraction of sp³-hybridized carbons (Fsp3) is 0.545. The fourth-order valence-electron chi connectivity index (χ4n) is 2.54. The lowest BCUT2D eigenvalue weighted by Crippen LogP contribution is -2.22. The second kappa shape index (κ2) is 4.81. The average Bonchev–Trinajstić information content (AvgIpc) is 2.91. The molecule has 0 saturated carbocycles. The van der Waals surface area contributed by atoms with Crippen LogP contribution in [0.1, 0.15) is 12.8 Å². The molecule has 0 radical (unpaired) electrons. The van der Waals surface area contributed by atoms with Crippen molar-refractivity contribution in [1.82, 2.24) is 19.5 Å². The fourth-order valence-corrected chi connectivity index (χ4v) is 4.60. The number of imidazole rings is 1. The summed E-state index contributed by atoms with van der Waals surface area (Å²) in [6.45, 7) is 0.321. The quantitative estimate of drug-likeness (QED) is 0.853. The predicted molar refractivity (Wildman–Crippen MR) is 76.1 cm³/mol. The molecule has 0 spiro atoms. The molecule has 7 nitrogen and oxygen atoms in total. The van der Waals surface area contributed by atoms with Crippen LogP contribution < -0.4 is 4.74 Å². The third-order valence-electron chi connectivity index (χ3n) is 3.57. The zero-order valence-electron chi connectivity index (χ0n) is 10.9. The molecule has 0 aliphatic carbocycles. The van der Waals surface area contributed by atoms with Crippen molar-refractivity contribution < 1.29 is 13.2 Å². The SMILES string of the molecule is COc1ncnc2c1[nH]c(=S)n2CC1CCCS1(=O)=O. The molecule has 3 rings (SSSR count). The van der Waals surface area contributed by atoms with Crippen LogP contribution in [-0.4, -0.2) is 46.0 Å². The van der Waals surface area contributed by atoms with Gasteiger partial charge >= 0.3 is 0 Å². The zero-order valence-corrected chi connectivity index (χ0v) is 12.5. The molecule has 1 aliphatic rings. The summed E-state index contributed by atoms with van der Waals surface area (Å²) in [7, 11) is -1.51. The van der Waals surface area contributed by atoms with Crippen molar-refractivity contribution >= 4 is 33.2 Å². The largest absolute Gasteiger partial charge is 0.479 e. The van der Waals surface area contributed by atoms with Crippen LogP contribution in [0, 0.1) is 4.77 Å². The maximum atomic E-state index is 11.9. The van der Waals surface area contributed by atoms with Gasteiger partial charge in [-0.15, -0.1) is 0 Å². The minimum atomic E-state index is -3.02. The van der Waals surface area contributed by atoms with Gasteiger partial charge in [0.2, 0.25) is 5.88 Å². The number of ether oxygens (including phenoxy) is 1. The van der Waals surface area contributed by atoms with Crippen molar-refractivity contribution in [2.24, 2.45) is 0 Å². The Morgan fingerprint density at radius 2 is 2.35 bits per heavy atom. The second-order valence-corrected chi connectivity index (χ2v) is 7.54. The summed E-state index contributed by atoms with van der Waals surface area (Å²) in [5.74, 6) is 0.653. The number of methoxy groups -OCH3 is 1. The number of aromatic nitrogens is 4. The summed E-state index contributed by atoms with van der Waals surface area (Å²) >= 11 is 5.26. The topological polar surface area (TPSA) is 89.9 Å². The molecule has 0 amide bonds. The maximum Gasteiger partial charge on any atom is 0.242 e.